The van der Waals surface area contributed by atoms with Crippen molar-refractivity contribution in [2.75, 3.05) is 6.54 Å². The Balaban J connectivity index is 1.73. The van der Waals surface area contributed by atoms with Gasteiger partial charge >= 0.3 is 0 Å². The number of carbonyl (C=O) groups is 1. The largest absolute Gasteiger partial charge is 0.326 e. The van der Waals surface area contributed by atoms with Crippen molar-refractivity contribution in [1.82, 2.24) is 9.62 Å². The van der Waals surface area contributed by atoms with Crippen LogP contribution < -0.4 is 5.32 Å². The highest BCUT2D eigenvalue weighted by Crippen LogP contribution is 2.31. The molecular formula is C19H22BrIN2O3S. The van der Waals surface area contributed by atoms with E-state index >= 15 is 0 Å². The molecule has 1 aliphatic heterocycles. The minimum Gasteiger partial charge on any atom is -0.326 e. The molecule has 1 aromatic rings. The summed E-state index contributed by atoms with van der Waals surface area (Å²) in [5.74, 6) is -0.223. The molecule has 27 heavy (non-hydrogen) atoms. The Hall–Kier alpha value is -0.710. The number of nitrogens with zero attached hydrogens (tertiary/aromatic N) is 1. The number of rotatable bonds is 4. The number of halogens is 2. The third kappa shape index (κ3) is 4.83. The highest BCUT2D eigenvalue weighted by molar-refractivity contribution is 14.1. The molecule has 1 aliphatic carbocycles. The average Bonchev–Trinajstić information content (AvgIpc) is 2.65. The van der Waals surface area contributed by atoms with Gasteiger partial charge in [0.15, 0.2) is 0 Å². The molecule has 1 saturated heterocycles. The zero-order valence-electron chi connectivity index (χ0n) is 15.0. The summed E-state index contributed by atoms with van der Waals surface area (Å²) in [6.45, 7) is 2.51. The SMILES string of the molecule is CC1CCCCN1S(=O)(=O)c1ccc(C(=O)NC2=CC(I)=C(Br)CC2)cc1. The van der Waals surface area contributed by atoms with E-state index in [1.165, 1.54) is 12.1 Å². The number of benzene rings is 1. The Morgan fingerprint density at radius 3 is 2.56 bits per heavy atom. The van der Waals surface area contributed by atoms with Crippen LogP contribution in [0.15, 0.2) is 49.0 Å². The third-order valence-corrected chi connectivity index (χ3v) is 9.47. The lowest BCUT2D eigenvalue weighted by Crippen LogP contribution is -2.41. The monoisotopic (exact) mass is 564 g/mol. The number of piperidine rings is 1. The van der Waals surface area contributed by atoms with Crippen LogP contribution in [0.1, 0.15) is 49.4 Å². The number of hydrogen-bond acceptors (Lipinski definition) is 3. The van der Waals surface area contributed by atoms with Gasteiger partial charge in [0.1, 0.15) is 0 Å². The second-order valence-corrected chi connectivity index (χ2v) is 10.9. The van der Waals surface area contributed by atoms with Gasteiger partial charge in [0.25, 0.3) is 5.91 Å². The molecule has 1 fully saturated rings. The topological polar surface area (TPSA) is 66.5 Å². The summed E-state index contributed by atoms with van der Waals surface area (Å²) in [5, 5.41) is 2.92. The van der Waals surface area contributed by atoms with E-state index in [4.69, 9.17) is 0 Å². The molecule has 0 aromatic heterocycles. The highest BCUT2D eigenvalue weighted by Gasteiger charge is 2.30. The van der Waals surface area contributed by atoms with Gasteiger partial charge in [0.05, 0.1) is 4.90 Å². The van der Waals surface area contributed by atoms with E-state index in [1.54, 1.807) is 16.4 Å². The normalized spacial score (nSPS) is 21.7. The fourth-order valence-electron chi connectivity index (χ4n) is 3.33. The van der Waals surface area contributed by atoms with Crippen molar-refractivity contribution in [3.05, 3.63) is 49.7 Å². The van der Waals surface area contributed by atoms with E-state index < -0.39 is 10.0 Å². The summed E-state index contributed by atoms with van der Waals surface area (Å²) in [7, 11) is -3.52. The van der Waals surface area contributed by atoms with Crippen LogP contribution in [0.4, 0.5) is 0 Å². The van der Waals surface area contributed by atoms with Crippen molar-refractivity contribution >= 4 is 54.5 Å². The molecule has 3 rings (SSSR count). The number of carbonyl (C=O) groups excluding carboxylic acids is 1. The molecule has 0 spiro atoms. The number of sulfonamides is 1. The summed E-state index contributed by atoms with van der Waals surface area (Å²) in [4.78, 5) is 12.7. The molecule has 0 saturated carbocycles. The van der Waals surface area contributed by atoms with Crippen LogP contribution in [0, 0.1) is 0 Å². The maximum Gasteiger partial charge on any atom is 0.255 e. The molecule has 1 aromatic carbocycles. The van der Waals surface area contributed by atoms with Crippen LogP contribution in [-0.4, -0.2) is 31.2 Å². The molecule has 1 unspecified atom stereocenters. The van der Waals surface area contributed by atoms with Crippen molar-refractivity contribution in [2.45, 2.75) is 50.0 Å². The molecule has 1 N–H and O–H groups in total. The van der Waals surface area contributed by atoms with Crippen LogP contribution in [-0.2, 0) is 10.0 Å². The van der Waals surface area contributed by atoms with E-state index in [1.807, 2.05) is 13.0 Å². The molecule has 0 bridgehead atoms. The van der Waals surface area contributed by atoms with Gasteiger partial charge in [0, 0.05) is 31.9 Å². The predicted molar refractivity (Wildman–Crippen MR) is 118 cm³/mol. The van der Waals surface area contributed by atoms with Crippen molar-refractivity contribution in [1.29, 1.82) is 0 Å². The maximum atomic E-state index is 12.9. The first-order valence-electron chi connectivity index (χ1n) is 8.97. The van der Waals surface area contributed by atoms with Gasteiger partial charge in [-0.1, -0.05) is 22.4 Å². The van der Waals surface area contributed by atoms with Crippen LogP contribution in [0.25, 0.3) is 0 Å². The lowest BCUT2D eigenvalue weighted by Gasteiger charge is -2.32. The van der Waals surface area contributed by atoms with Crippen LogP contribution in [0.2, 0.25) is 0 Å². The summed E-state index contributed by atoms with van der Waals surface area (Å²) in [5.41, 5.74) is 1.32. The fourth-order valence-corrected chi connectivity index (χ4v) is 5.98. The van der Waals surface area contributed by atoms with E-state index in [2.05, 4.69) is 43.8 Å². The second-order valence-electron chi connectivity index (χ2n) is 6.86. The van der Waals surface area contributed by atoms with Gasteiger partial charge in [-0.15, -0.1) is 0 Å². The molecule has 8 heteroatoms. The second kappa shape index (κ2) is 8.75. The van der Waals surface area contributed by atoms with Gasteiger partial charge in [-0.3, -0.25) is 4.79 Å². The zero-order chi connectivity index (χ0) is 19.6. The van der Waals surface area contributed by atoms with Crippen molar-refractivity contribution < 1.29 is 13.2 Å². The number of nitrogens with one attached hydrogen (secondary N) is 1. The summed E-state index contributed by atoms with van der Waals surface area (Å²) >= 11 is 5.74. The Labute approximate surface area is 182 Å². The molecular weight excluding hydrogens is 543 g/mol. The maximum absolute atomic E-state index is 12.9. The Kier molecular flexibility index (Phi) is 6.81. The van der Waals surface area contributed by atoms with Crippen LogP contribution in [0.5, 0.6) is 0 Å². The van der Waals surface area contributed by atoms with Crippen molar-refractivity contribution in [3.63, 3.8) is 0 Å². The minimum atomic E-state index is -3.52. The molecule has 2 aliphatic rings. The molecule has 1 atom stereocenters. The van der Waals surface area contributed by atoms with Gasteiger partial charge in [-0.2, -0.15) is 4.31 Å². The van der Waals surface area contributed by atoms with E-state index in [0.717, 1.165) is 45.9 Å². The first-order chi connectivity index (χ1) is 12.8. The summed E-state index contributed by atoms with van der Waals surface area (Å²) in [6, 6.07) is 6.23. The minimum absolute atomic E-state index is 0.0137. The highest BCUT2D eigenvalue weighted by atomic mass is 127. The van der Waals surface area contributed by atoms with Crippen LogP contribution in [0.3, 0.4) is 0 Å². The van der Waals surface area contributed by atoms with E-state index in [0.29, 0.717) is 12.1 Å². The molecule has 0 radical (unpaired) electrons. The molecule has 5 nitrogen and oxygen atoms in total. The quantitative estimate of drug-likeness (QED) is 0.539. The van der Waals surface area contributed by atoms with Gasteiger partial charge < -0.3 is 5.32 Å². The zero-order valence-corrected chi connectivity index (χ0v) is 19.6. The Morgan fingerprint density at radius 1 is 1.22 bits per heavy atom. The molecule has 1 amide bonds. The standard InChI is InChI=1S/C19H22BrIN2O3S/c1-13-4-2-3-11-23(13)27(25,26)16-8-5-14(6-9-16)19(24)22-15-7-10-17(20)18(21)12-15/h5-6,8-9,12-13H,2-4,7,10-11H2,1H3,(H,22,24). The van der Waals surface area contributed by atoms with Gasteiger partial charge in [-0.05, 0) is 85.5 Å². The summed E-state index contributed by atoms with van der Waals surface area (Å²) in [6.07, 6.45) is 6.41. The Bertz CT molecular complexity index is 894. The Morgan fingerprint density at radius 2 is 1.93 bits per heavy atom. The lowest BCUT2D eigenvalue weighted by molar-refractivity contribution is 0.0964. The van der Waals surface area contributed by atoms with Gasteiger partial charge in [-0.25, -0.2) is 8.42 Å². The smallest absolute Gasteiger partial charge is 0.255 e. The van der Waals surface area contributed by atoms with E-state index in [-0.39, 0.29) is 16.8 Å². The van der Waals surface area contributed by atoms with E-state index in [9.17, 15) is 13.2 Å². The van der Waals surface area contributed by atoms with Crippen LogP contribution >= 0.6 is 38.5 Å². The molecule has 146 valence electrons. The van der Waals surface area contributed by atoms with Crippen molar-refractivity contribution in [3.8, 4) is 0 Å². The number of amides is 1. The predicted octanol–water partition coefficient (Wildman–Crippen LogP) is 4.70. The third-order valence-electron chi connectivity index (χ3n) is 4.91. The van der Waals surface area contributed by atoms with Crippen molar-refractivity contribution in [2.24, 2.45) is 0 Å². The first-order valence-corrected chi connectivity index (χ1v) is 12.3. The number of allylic oxidation sites excluding steroid dienone is 4. The lowest BCUT2D eigenvalue weighted by atomic mass is 10.1. The summed E-state index contributed by atoms with van der Waals surface area (Å²) < 4.78 is 29.5. The fraction of sp³-hybridized carbons (Fsp3) is 0.421. The average molecular weight is 565 g/mol. The molecule has 1 heterocycles. The number of hydrogen-bond donors (Lipinski definition) is 1. The first kappa shape index (κ1) is 21.0. The van der Waals surface area contributed by atoms with Gasteiger partial charge in [0.2, 0.25) is 10.0 Å².